The number of hydrogen-bond acceptors (Lipinski definition) is 8. The summed E-state index contributed by atoms with van der Waals surface area (Å²) in [5.74, 6) is 0.750. The van der Waals surface area contributed by atoms with Crippen LogP contribution in [0.4, 0.5) is 16.2 Å². The largest absolute Gasteiger partial charge is 0.487 e. The molecule has 2 aliphatic rings. The van der Waals surface area contributed by atoms with E-state index in [1.165, 1.54) is 29.2 Å². The van der Waals surface area contributed by atoms with Gasteiger partial charge in [-0.3, -0.25) is 9.52 Å². The van der Waals surface area contributed by atoms with Crippen LogP contribution in [0.25, 0.3) is 0 Å². The molecule has 0 unspecified atom stereocenters. The molecule has 3 N–H and O–H groups in total. The summed E-state index contributed by atoms with van der Waals surface area (Å²) in [6.07, 6.45) is -0.544. The zero-order chi connectivity index (χ0) is 31.6. The van der Waals surface area contributed by atoms with E-state index in [4.69, 9.17) is 14.2 Å². The minimum absolute atomic E-state index is 0.0869. The summed E-state index contributed by atoms with van der Waals surface area (Å²) in [5.41, 5.74) is 1.78. The van der Waals surface area contributed by atoms with Gasteiger partial charge in [-0.05, 0) is 56.3 Å². The molecular weight excluding hydrogens is 588 g/mol. The number of ether oxygens (including phenoxy) is 3. The molecule has 13 heteroatoms. The Bertz CT molecular complexity index is 1650. The van der Waals surface area contributed by atoms with E-state index in [0.717, 1.165) is 5.56 Å². The number of aliphatic hydroxyl groups excluding tert-OH is 1. The number of hydrogen-bond donors (Lipinski definition) is 3. The Labute approximate surface area is 256 Å². The van der Waals surface area contributed by atoms with Gasteiger partial charge in [0.25, 0.3) is 15.9 Å². The number of amides is 3. The van der Waals surface area contributed by atoms with Gasteiger partial charge in [0.15, 0.2) is 11.5 Å². The lowest BCUT2D eigenvalue weighted by atomic mass is 9.99. The number of nitrogens with zero attached hydrogens (tertiary/aromatic N) is 2. The first-order chi connectivity index (χ1) is 20.9. The lowest BCUT2D eigenvalue weighted by Gasteiger charge is -2.38. The minimum atomic E-state index is -3.92. The summed E-state index contributed by atoms with van der Waals surface area (Å²) in [5, 5.41) is 12.8. The van der Waals surface area contributed by atoms with Crippen molar-refractivity contribution in [2.24, 2.45) is 5.92 Å². The second-order valence-corrected chi connectivity index (χ2v) is 12.8. The topological polar surface area (TPSA) is 147 Å². The second-order valence-electron chi connectivity index (χ2n) is 11.1. The Kier molecular flexibility index (Phi) is 8.88. The number of carbonyl (C=O) groups excluding carboxylic acids is 2. The smallest absolute Gasteiger partial charge is 0.321 e. The van der Waals surface area contributed by atoms with E-state index in [2.05, 4.69) is 10.0 Å². The molecule has 3 aromatic rings. The molecular formula is C31H36N4O8S. The van der Waals surface area contributed by atoms with Crippen molar-refractivity contribution in [3.05, 3.63) is 71.8 Å². The lowest BCUT2D eigenvalue weighted by Crippen LogP contribution is -2.50. The van der Waals surface area contributed by atoms with Gasteiger partial charge in [-0.25, -0.2) is 13.2 Å². The Hall–Kier alpha value is -4.49. The summed E-state index contributed by atoms with van der Waals surface area (Å²) in [6.45, 7) is 5.78. The summed E-state index contributed by atoms with van der Waals surface area (Å²) < 4.78 is 45.7. The number of likely N-dealkylation sites (N-methyl/N-ethyl adjacent to an activating group) is 1. The molecule has 0 radical (unpaired) electrons. The SMILES string of the molecule is Cc1ccc(S(=O)(=O)Nc2ccc3c(c2)C(=O)N([C@@H](C)CO)C[C@H](C)[C@H](CN(C)C(=O)Nc2ccc4c(c2)OCO4)O3)cc1. The summed E-state index contributed by atoms with van der Waals surface area (Å²) in [6, 6.07) is 15.2. The molecule has 44 heavy (non-hydrogen) atoms. The number of sulfonamides is 1. The predicted molar refractivity (Wildman–Crippen MR) is 164 cm³/mol. The molecule has 0 spiro atoms. The monoisotopic (exact) mass is 624 g/mol. The molecule has 3 atom stereocenters. The minimum Gasteiger partial charge on any atom is -0.487 e. The number of nitrogens with one attached hydrogen (secondary N) is 2. The average molecular weight is 625 g/mol. The molecule has 3 aromatic carbocycles. The Morgan fingerprint density at radius 2 is 1.73 bits per heavy atom. The molecule has 0 aliphatic carbocycles. The standard InChI is InChI=1S/C31H36N4O8S/c1-19-5-9-24(10-6-19)44(39,40)33-23-8-11-26-25(13-23)30(37)35(21(3)17-36)15-20(2)29(43-26)16-34(4)31(38)32-22-7-12-27-28(14-22)42-18-41-27/h5-14,20-21,29,33,36H,15-18H2,1-4H3,(H,32,38)/t20-,21-,29-/m0/s1. The van der Waals surface area contributed by atoms with Crippen molar-refractivity contribution in [2.75, 3.05) is 43.6 Å². The van der Waals surface area contributed by atoms with Crippen LogP contribution in [0.15, 0.2) is 65.6 Å². The van der Waals surface area contributed by atoms with Crippen molar-refractivity contribution < 1.29 is 37.3 Å². The Morgan fingerprint density at radius 3 is 2.45 bits per heavy atom. The quantitative estimate of drug-likeness (QED) is 0.342. The van der Waals surface area contributed by atoms with Gasteiger partial charge in [0, 0.05) is 37.0 Å². The fourth-order valence-corrected chi connectivity index (χ4v) is 6.03. The zero-order valence-electron chi connectivity index (χ0n) is 24.9. The van der Waals surface area contributed by atoms with E-state index in [1.54, 1.807) is 55.3 Å². The van der Waals surface area contributed by atoms with Crippen LogP contribution in [0.2, 0.25) is 0 Å². The third-order valence-corrected chi connectivity index (χ3v) is 9.07. The molecule has 12 nitrogen and oxygen atoms in total. The number of aliphatic hydroxyl groups is 1. The first kappa shape index (κ1) is 31.0. The fraction of sp³-hybridized carbons (Fsp3) is 0.355. The van der Waals surface area contributed by atoms with Crippen LogP contribution in [0.5, 0.6) is 17.2 Å². The number of anilines is 2. The number of benzene rings is 3. The molecule has 3 amide bonds. The van der Waals surface area contributed by atoms with Crippen LogP contribution < -0.4 is 24.2 Å². The van der Waals surface area contributed by atoms with E-state index in [-0.39, 0.29) is 60.3 Å². The molecule has 234 valence electrons. The second kappa shape index (κ2) is 12.6. The summed E-state index contributed by atoms with van der Waals surface area (Å²) >= 11 is 0. The van der Waals surface area contributed by atoms with E-state index in [1.807, 2.05) is 13.8 Å². The maximum absolute atomic E-state index is 13.7. The highest BCUT2D eigenvalue weighted by atomic mass is 32.2. The number of aryl methyl sites for hydroxylation is 1. The Morgan fingerprint density at radius 1 is 1.05 bits per heavy atom. The van der Waals surface area contributed by atoms with Gasteiger partial charge in [0.1, 0.15) is 11.9 Å². The number of rotatable bonds is 8. The maximum Gasteiger partial charge on any atom is 0.321 e. The third kappa shape index (κ3) is 6.68. The molecule has 0 aromatic heterocycles. The van der Waals surface area contributed by atoms with Gasteiger partial charge >= 0.3 is 6.03 Å². The van der Waals surface area contributed by atoms with Crippen molar-refractivity contribution in [3.63, 3.8) is 0 Å². The van der Waals surface area contributed by atoms with E-state index >= 15 is 0 Å². The molecule has 2 heterocycles. The summed E-state index contributed by atoms with van der Waals surface area (Å²) in [4.78, 5) is 30.0. The number of fused-ring (bicyclic) bond motifs is 2. The van der Waals surface area contributed by atoms with Gasteiger partial charge < -0.3 is 34.4 Å². The van der Waals surface area contributed by atoms with Gasteiger partial charge in [-0.1, -0.05) is 24.6 Å². The molecule has 2 aliphatic heterocycles. The first-order valence-electron chi connectivity index (χ1n) is 14.2. The average Bonchev–Trinajstić information content (AvgIpc) is 3.47. The van der Waals surface area contributed by atoms with Crippen LogP contribution in [-0.2, 0) is 10.0 Å². The Balaban J connectivity index is 1.38. The third-order valence-electron chi connectivity index (χ3n) is 7.67. The molecule has 0 saturated carbocycles. The molecule has 0 fully saturated rings. The van der Waals surface area contributed by atoms with Crippen molar-refractivity contribution in [1.29, 1.82) is 0 Å². The van der Waals surface area contributed by atoms with E-state index in [0.29, 0.717) is 17.2 Å². The van der Waals surface area contributed by atoms with Crippen LogP contribution in [0.1, 0.15) is 29.8 Å². The van der Waals surface area contributed by atoms with Gasteiger partial charge in [0.2, 0.25) is 6.79 Å². The van der Waals surface area contributed by atoms with Crippen LogP contribution in [0, 0.1) is 12.8 Å². The van der Waals surface area contributed by atoms with Gasteiger partial charge in [0.05, 0.1) is 29.7 Å². The van der Waals surface area contributed by atoms with Crippen LogP contribution >= 0.6 is 0 Å². The van der Waals surface area contributed by atoms with Gasteiger partial charge in [-0.2, -0.15) is 0 Å². The lowest BCUT2D eigenvalue weighted by molar-refractivity contribution is 0.0371. The predicted octanol–water partition coefficient (Wildman–Crippen LogP) is 3.91. The van der Waals surface area contributed by atoms with Gasteiger partial charge in [-0.15, -0.1) is 0 Å². The van der Waals surface area contributed by atoms with Crippen molar-refractivity contribution in [1.82, 2.24) is 9.80 Å². The highest BCUT2D eigenvalue weighted by Gasteiger charge is 2.34. The van der Waals surface area contributed by atoms with E-state index < -0.39 is 28.1 Å². The number of carbonyl (C=O) groups is 2. The molecule has 0 bridgehead atoms. The summed E-state index contributed by atoms with van der Waals surface area (Å²) in [7, 11) is -2.28. The fourth-order valence-electron chi connectivity index (χ4n) is 4.98. The molecule has 5 rings (SSSR count). The van der Waals surface area contributed by atoms with Crippen LogP contribution in [-0.4, -0.2) is 80.9 Å². The highest BCUT2D eigenvalue weighted by molar-refractivity contribution is 7.92. The molecule has 0 saturated heterocycles. The van der Waals surface area contributed by atoms with Crippen molar-refractivity contribution in [2.45, 2.75) is 37.8 Å². The van der Waals surface area contributed by atoms with Crippen LogP contribution in [0.3, 0.4) is 0 Å². The maximum atomic E-state index is 13.7. The van der Waals surface area contributed by atoms with Crippen molar-refractivity contribution >= 4 is 33.3 Å². The zero-order valence-corrected chi connectivity index (χ0v) is 25.8. The van der Waals surface area contributed by atoms with Crippen molar-refractivity contribution in [3.8, 4) is 17.2 Å². The number of urea groups is 1. The first-order valence-corrected chi connectivity index (χ1v) is 15.7. The highest BCUT2D eigenvalue weighted by Crippen LogP contribution is 2.35. The van der Waals surface area contributed by atoms with E-state index in [9.17, 15) is 23.1 Å². The normalized spacial score (nSPS) is 18.4.